The number of fused-ring (bicyclic) bond motifs is 7. The van der Waals surface area contributed by atoms with Gasteiger partial charge in [-0.15, -0.1) is 0 Å². The topological polar surface area (TPSA) is 160 Å². The number of ketones is 1. The maximum absolute atomic E-state index is 13.1. The Balaban J connectivity index is 1.93. The highest BCUT2D eigenvalue weighted by Gasteiger charge is 2.52. The van der Waals surface area contributed by atoms with Crippen LogP contribution < -0.4 is 21.3 Å². The van der Waals surface area contributed by atoms with Crippen LogP contribution in [0.15, 0.2) is 12.2 Å². The molecule has 1 saturated carbocycles. The number of rotatable bonds is 3. The van der Waals surface area contributed by atoms with Gasteiger partial charge in [0.2, 0.25) is 23.6 Å². The molecule has 2 bridgehead atoms. The molecule has 0 aromatic carbocycles. The Morgan fingerprint density at radius 2 is 1.89 bits per heavy atom. The van der Waals surface area contributed by atoms with Crippen molar-refractivity contribution in [2.24, 2.45) is 0 Å². The molecule has 35 heavy (non-hydrogen) atoms. The van der Waals surface area contributed by atoms with Crippen molar-refractivity contribution in [3.8, 4) is 0 Å². The van der Waals surface area contributed by atoms with Crippen LogP contribution in [0.25, 0.3) is 0 Å². The lowest BCUT2D eigenvalue weighted by molar-refractivity contribution is -0.148. The number of amides is 4. The lowest BCUT2D eigenvalue weighted by Gasteiger charge is -2.26. The predicted octanol–water partition coefficient (Wildman–Crippen LogP) is -0.253. The van der Waals surface area contributed by atoms with Crippen LogP contribution in [0.5, 0.6) is 0 Å². The summed E-state index contributed by atoms with van der Waals surface area (Å²) >= 11 is 0. The van der Waals surface area contributed by atoms with E-state index in [1.54, 1.807) is 12.2 Å². The zero-order chi connectivity index (χ0) is 25.4. The highest BCUT2D eigenvalue weighted by molar-refractivity contribution is 8.76. The Bertz CT molecular complexity index is 906. The summed E-state index contributed by atoms with van der Waals surface area (Å²) in [6.45, 7) is 0.977. The summed E-state index contributed by atoms with van der Waals surface area (Å²) < 4.78 is 5.40. The molecule has 3 aliphatic rings. The van der Waals surface area contributed by atoms with E-state index in [0.717, 1.165) is 0 Å². The molecule has 2 heterocycles. The number of carbonyl (C=O) groups excluding carboxylic acids is 6. The number of ether oxygens (including phenoxy) is 1. The number of allylic oxidation sites excluding steroid dienone is 1. The molecule has 2 fully saturated rings. The van der Waals surface area contributed by atoms with E-state index in [4.69, 9.17) is 4.74 Å². The predicted molar refractivity (Wildman–Crippen MR) is 130 cm³/mol. The van der Waals surface area contributed by atoms with Gasteiger partial charge in [-0.25, -0.2) is 0 Å². The number of nitrogens with one attached hydrogen (secondary N) is 4. The fourth-order valence-corrected chi connectivity index (χ4v) is 5.74. The van der Waals surface area contributed by atoms with Crippen molar-refractivity contribution in [3.05, 3.63) is 12.2 Å². The van der Waals surface area contributed by atoms with E-state index in [-0.39, 0.29) is 30.8 Å². The van der Waals surface area contributed by atoms with Crippen LogP contribution in [-0.2, 0) is 33.5 Å². The van der Waals surface area contributed by atoms with E-state index >= 15 is 0 Å². The fraction of sp³-hybridized carbons (Fsp3) is 0.636. The van der Waals surface area contributed by atoms with Crippen molar-refractivity contribution in [1.82, 2.24) is 21.3 Å². The maximum atomic E-state index is 13.1. The summed E-state index contributed by atoms with van der Waals surface area (Å²) in [6, 6.07) is -2.02. The molecule has 13 heteroatoms. The quantitative estimate of drug-likeness (QED) is 0.221. The third-order valence-corrected chi connectivity index (χ3v) is 8.16. The number of carbonyl (C=O) groups is 6. The Hall–Kier alpha value is -2.54. The van der Waals surface area contributed by atoms with E-state index < -0.39 is 59.9 Å². The molecule has 0 radical (unpaired) electrons. The van der Waals surface area contributed by atoms with Crippen LogP contribution in [0.3, 0.4) is 0 Å². The van der Waals surface area contributed by atoms with Crippen LogP contribution in [-0.4, -0.2) is 77.2 Å². The van der Waals surface area contributed by atoms with Gasteiger partial charge in [0.1, 0.15) is 36.1 Å². The van der Waals surface area contributed by atoms with Gasteiger partial charge < -0.3 is 30.8 Å². The second kappa shape index (κ2) is 12.4. The van der Waals surface area contributed by atoms with Gasteiger partial charge in [-0.2, -0.15) is 0 Å². The molecule has 1 spiro atoms. The maximum Gasteiger partial charge on any atom is 0.326 e. The van der Waals surface area contributed by atoms with Crippen molar-refractivity contribution < 1.29 is 33.5 Å². The molecule has 0 unspecified atom stereocenters. The third kappa shape index (κ3) is 8.27. The molecule has 0 aromatic rings. The minimum Gasteiger partial charge on any atom is -0.456 e. The molecular weight excluding hydrogens is 496 g/mol. The average molecular weight is 527 g/mol. The molecule has 11 nitrogen and oxygen atoms in total. The molecule has 1 aliphatic carbocycles. The number of hydrogen-bond donors (Lipinski definition) is 4. The molecular formula is C22H30N4O7S2. The van der Waals surface area contributed by atoms with Crippen molar-refractivity contribution in [3.63, 3.8) is 0 Å². The lowest BCUT2D eigenvalue weighted by atomic mass is 10.1. The first-order valence-electron chi connectivity index (χ1n) is 11.5. The van der Waals surface area contributed by atoms with Gasteiger partial charge in [-0.05, 0) is 38.7 Å². The monoisotopic (exact) mass is 526 g/mol. The molecule has 1 saturated heterocycles. The van der Waals surface area contributed by atoms with E-state index in [1.807, 2.05) is 0 Å². The minimum absolute atomic E-state index is 0.0514. The summed E-state index contributed by atoms with van der Waals surface area (Å²) in [4.78, 5) is 75.6. The van der Waals surface area contributed by atoms with E-state index in [1.165, 1.54) is 28.5 Å². The van der Waals surface area contributed by atoms with Gasteiger partial charge in [0.15, 0.2) is 0 Å². The third-order valence-electron chi connectivity index (χ3n) is 5.72. The zero-order valence-corrected chi connectivity index (χ0v) is 21.1. The average Bonchev–Trinajstić information content (AvgIpc) is 3.57. The second-order valence-corrected chi connectivity index (χ2v) is 11.4. The first kappa shape index (κ1) is 27.1. The van der Waals surface area contributed by atoms with E-state index in [2.05, 4.69) is 21.3 Å². The second-order valence-electron chi connectivity index (χ2n) is 8.73. The Kier molecular flexibility index (Phi) is 9.61. The SMILES string of the molecule is CC(=O)CC[C@H]1NC(=O)C[C@H]2C=CCCSSC[C@@H](NC1=O)C(=O)NC1(CC1)C(=O)NCC(=O)O2. The van der Waals surface area contributed by atoms with E-state index in [9.17, 15) is 28.8 Å². The molecule has 2 aliphatic heterocycles. The normalized spacial score (nSPS) is 28.1. The van der Waals surface area contributed by atoms with Gasteiger partial charge in [-0.3, -0.25) is 24.0 Å². The Morgan fingerprint density at radius 3 is 2.60 bits per heavy atom. The molecule has 4 amide bonds. The zero-order valence-electron chi connectivity index (χ0n) is 19.4. The van der Waals surface area contributed by atoms with Crippen molar-refractivity contribution in [2.45, 2.75) is 69.2 Å². The Morgan fingerprint density at radius 1 is 1.11 bits per heavy atom. The van der Waals surface area contributed by atoms with Crippen LogP contribution in [0, 0.1) is 0 Å². The molecule has 3 atom stereocenters. The highest BCUT2D eigenvalue weighted by Crippen LogP contribution is 2.36. The summed E-state index contributed by atoms with van der Waals surface area (Å²) in [5, 5.41) is 10.5. The lowest BCUT2D eigenvalue weighted by Crippen LogP contribution is -2.59. The van der Waals surface area contributed by atoms with Gasteiger partial charge in [0, 0.05) is 17.9 Å². The van der Waals surface area contributed by atoms with E-state index in [0.29, 0.717) is 25.0 Å². The first-order valence-corrected chi connectivity index (χ1v) is 14.0. The van der Waals surface area contributed by atoms with Gasteiger partial charge >= 0.3 is 5.97 Å². The first-order chi connectivity index (χ1) is 16.7. The van der Waals surface area contributed by atoms with Crippen molar-refractivity contribution in [1.29, 1.82) is 0 Å². The summed E-state index contributed by atoms with van der Waals surface area (Å²) in [5.41, 5.74) is -1.13. The van der Waals surface area contributed by atoms with Crippen LogP contribution in [0.2, 0.25) is 0 Å². The summed E-state index contributed by atoms with van der Waals surface area (Å²) in [5.74, 6) is -2.14. The van der Waals surface area contributed by atoms with Gasteiger partial charge in [0.05, 0.1) is 6.42 Å². The fourth-order valence-electron chi connectivity index (χ4n) is 3.58. The highest BCUT2D eigenvalue weighted by atomic mass is 33.1. The molecule has 192 valence electrons. The minimum atomic E-state index is -1.13. The van der Waals surface area contributed by atoms with Gasteiger partial charge in [0.25, 0.3) is 0 Å². The Labute approximate surface area is 211 Å². The summed E-state index contributed by atoms with van der Waals surface area (Å²) in [7, 11) is 2.91. The number of esters is 1. The van der Waals surface area contributed by atoms with Crippen LogP contribution >= 0.6 is 21.6 Å². The molecule has 4 N–H and O–H groups in total. The van der Waals surface area contributed by atoms with Crippen LogP contribution in [0.1, 0.15) is 45.4 Å². The molecule has 3 rings (SSSR count). The smallest absolute Gasteiger partial charge is 0.326 e. The van der Waals surface area contributed by atoms with Crippen molar-refractivity contribution in [2.75, 3.05) is 18.1 Å². The number of hydrogen-bond acceptors (Lipinski definition) is 9. The standard InChI is InChI=1S/C22H30N4O7S2/c1-13(27)5-6-15-19(30)25-16-12-35-34-9-3-2-4-14(10-17(28)24-15)33-18(29)11-23-21(32)22(7-8-22)26-20(16)31/h2,4,14-16H,3,5-12H2,1H3,(H,23,32)(H,24,28)(H,25,30)(H,26,31)/t14-,15-,16-/m1/s1. The largest absolute Gasteiger partial charge is 0.456 e. The molecule has 0 aromatic heterocycles. The summed E-state index contributed by atoms with van der Waals surface area (Å²) in [6.07, 6.45) is 3.84. The van der Waals surface area contributed by atoms with Crippen LogP contribution in [0.4, 0.5) is 0 Å². The van der Waals surface area contributed by atoms with Crippen molar-refractivity contribution >= 4 is 57.0 Å². The number of Topliss-reactive ketones (excluding diaryl/α,β-unsaturated/α-hetero) is 1. The van der Waals surface area contributed by atoms with Gasteiger partial charge in [-0.1, -0.05) is 27.7 Å².